The lowest BCUT2D eigenvalue weighted by molar-refractivity contribution is -0.120. The van der Waals surface area contributed by atoms with Crippen molar-refractivity contribution < 1.29 is 27.4 Å². The first-order valence-corrected chi connectivity index (χ1v) is 13.4. The summed E-state index contributed by atoms with van der Waals surface area (Å²) in [5.74, 6) is 1.51. The summed E-state index contributed by atoms with van der Waals surface area (Å²) in [6, 6.07) is 18.9. The molecule has 2 aliphatic rings. The van der Waals surface area contributed by atoms with Crippen molar-refractivity contribution in [1.82, 2.24) is 4.31 Å². The molecule has 1 saturated heterocycles. The van der Waals surface area contributed by atoms with Crippen LogP contribution < -0.4 is 19.5 Å². The summed E-state index contributed by atoms with van der Waals surface area (Å²) in [5.41, 5.74) is 0.461. The third-order valence-corrected chi connectivity index (χ3v) is 8.28. The zero-order valence-electron chi connectivity index (χ0n) is 19.4. The van der Waals surface area contributed by atoms with Crippen LogP contribution in [-0.4, -0.2) is 44.9 Å². The average Bonchev–Trinajstić information content (AvgIpc) is 2.90. The summed E-state index contributed by atoms with van der Waals surface area (Å²) in [4.78, 5) is 13.2. The van der Waals surface area contributed by atoms with E-state index in [9.17, 15) is 13.2 Å². The molecule has 0 saturated carbocycles. The standard InChI is InChI=1S/C26H25ClN2O6S/c27-19-6-8-23(35-20-4-2-1-3-5-20)22(16-19)28-26(30)18-10-12-29(13-11-18)36(31,32)21-7-9-24-25(17-21)34-15-14-33-24/h1-9,16-18H,10-15H2,(H,28,30). The number of carbonyl (C=O) groups excluding carboxylic acids is 1. The van der Waals surface area contributed by atoms with E-state index >= 15 is 0 Å². The van der Waals surface area contributed by atoms with E-state index in [1.807, 2.05) is 30.3 Å². The highest BCUT2D eigenvalue weighted by atomic mass is 35.5. The van der Waals surface area contributed by atoms with Gasteiger partial charge in [0.2, 0.25) is 15.9 Å². The molecule has 5 rings (SSSR count). The minimum atomic E-state index is -3.72. The van der Waals surface area contributed by atoms with Gasteiger partial charge < -0.3 is 19.5 Å². The molecule has 3 aromatic carbocycles. The Labute approximate surface area is 214 Å². The molecule has 3 aromatic rings. The molecule has 1 amide bonds. The molecule has 2 heterocycles. The fourth-order valence-electron chi connectivity index (χ4n) is 4.23. The van der Waals surface area contributed by atoms with Gasteiger partial charge in [-0.25, -0.2) is 8.42 Å². The highest BCUT2D eigenvalue weighted by Gasteiger charge is 2.33. The monoisotopic (exact) mass is 528 g/mol. The van der Waals surface area contributed by atoms with Gasteiger partial charge in [-0.15, -0.1) is 0 Å². The Kier molecular flexibility index (Phi) is 7.04. The number of hydrogen-bond donors (Lipinski definition) is 1. The van der Waals surface area contributed by atoms with E-state index in [4.69, 9.17) is 25.8 Å². The summed E-state index contributed by atoms with van der Waals surface area (Å²) in [5, 5.41) is 3.38. The van der Waals surface area contributed by atoms with Crippen LogP contribution in [0.25, 0.3) is 0 Å². The SMILES string of the molecule is O=C(Nc1cc(Cl)ccc1Oc1ccccc1)C1CCN(S(=O)(=O)c2ccc3c(c2)OCCO3)CC1. The number of nitrogens with one attached hydrogen (secondary N) is 1. The number of anilines is 1. The maximum absolute atomic E-state index is 13.2. The lowest BCUT2D eigenvalue weighted by Gasteiger charge is -2.31. The van der Waals surface area contributed by atoms with Gasteiger partial charge in [0.1, 0.15) is 19.0 Å². The molecule has 10 heteroatoms. The normalized spacial score (nSPS) is 16.4. The Bertz CT molecular complexity index is 1360. The number of amides is 1. The fraction of sp³-hybridized carbons (Fsp3) is 0.269. The van der Waals surface area contributed by atoms with Crippen LogP contribution in [0.3, 0.4) is 0 Å². The molecular weight excluding hydrogens is 504 g/mol. The summed E-state index contributed by atoms with van der Waals surface area (Å²) in [6.45, 7) is 1.28. The molecule has 188 valence electrons. The first-order chi connectivity index (χ1) is 17.4. The first-order valence-electron chi connectivity index (χ1n) is 11.6. The Morgan fingerprint density at radius 3 is 2.42 bits per heavy atom. The number of sulfonamides is 1. The maximum Gasteiger partial charge on any atom is 0.243 e. The topological polar surface area (TPSA) is 94.2 Å². The van der Waals surface area contributed by atoms with Crippen molar-refractivity contribution in [2.75, 3.05) is 31.6 Å². The molecular formula is C26H25ClN2O6S. The molecule has 1 N–H and O–H groups in total. The van der Waals surface area contributed by atoms with Crippen molar-refractivity contribution in [3.05, 3.63) is 71.8 Å². The number of halogens is 1. The van der Waals surface area contributed by atoms with Crippen LogP contribution in [0, 0.1) is 5.92 Å². The third kappa shape index (κ3) is 5.28. The van der Waals surface area contributed by atoms with Crippen molar-refractivity contribution >= 4 is 33.2 Å². The van der Waals surface area contributed by atoms with E-state index in [1.54, 1.807) is 24.3 Å². The quantitative estimate of drug-likeness (QED) is 0.487. The second-order valence-electron chi connectivity index (χ2n) is 8.53. The average molecular weight is 529 g/mol. The maximum atomic E-state index is 13.2. The summed E-state index contributed by atoms with van der Waals surface area (Å²) in [6.07, 6.45) is 0.788. The molecule has 1 fully saturated rings. The van der Waals surface area contributed by atoms with Gasteiger partial charge >= 0.3 is 0 Å². The molecule has 2 aliphatic heterocycles. The number of fused-ring (bicyclic) bond motifs is 1. The van der Waals surface area contributed by atoms with Gasteiger partial charge in [-0.3, -0.25) is 4.79 Å². The van der Waals surface area contributed by atoms with Gasteiger partial charge in [0.25, 0.3) is 0 Å². The molecule has 0 aliphatic carbocycles. The molecule has 36 heavy (non-hydrogen) atoms. The highest BCUT2D eigenvalue weighted by molar-refractivity contribution is 7.89. The lowest BCUT2D eigenvalue weighted by Crippen LogP contribution is -2.41. The van der Waals surface area contributed by atoms with Gasteiger partial charge in [-0.2, -0.15) is 4.31 Å². The van der Waals surface area contributed by atoms with Crippen LogP contribution in [0.1, 0.15) is 12.8 Å². The van der Waals surface area contributed by atoms with Gasteiger partial charge in [-0.05, 0) is 55.3 Å². The number of hydrogen-bond acceptors (Lipinski definition) is 6. The predicted molar refractivity (Wildman–Crippen MR) is 136 cm³/mol. The summed E-state index contributed by atoms with van der Waals surface area (Å²) >= 11 is 6.16. The van der Waals surface area contributed by atoms with Gasteiger partial charge in [0.05, 0.1) is 10.6 Å². The van der Waals surface area contributed by atoms with Gasteiger partial charge in [0, 0.05) is 30.1 Å². The first kappa shape index (κ1) is 24.4. The van der Waals surface area contributed by atoms with Crippen molar-refractivity contribution in [1.29, 1.82) is 0 Å². The molecule has 0 radical (unpaired) electrons. The van der Waals surface area contributed by atoms with E-state index in [2.05, 4.69) is 5.32 Å². The number of nitrogens with zero attached hydrogens (tertiary/aromatic N) is 1. The molecule has 0 bridgehead atoms. The third-order valence-electron chi connectivity index (χ3n) is 6.15. The van der Waals surface area contributed by atoms with Crippen molar-refractivity contribution in [2.24, 2.45) is 5.92 Å². The Morgan fingerprint density at radius 2 is 1.67 bits per heavy atom. The molecule has 0 unspecified atom stereocenters. The molecule has 8 nitrogen and oxygen atoms in total. The number of para-hydroxylation sites is 1. The fourth-order valence-corrected chi connectivity index (χ4v) is 5.89. The van der Waals surface area contributed by atoms with Crippen LogP contribution in [0.5, 0.6) is 23.0 Å². The zero-order chi connectivity index (χ0) is 25.1. The van der Waals surface area contributed by atoms with Crippen molar-refractivity contribution in [2.45, 2.75) is 17.7 Å². The minimum Gasteiger partial charge on any atom is -0.486 e. The Hall–Kier alpha value is -3.27. The van der Waals surface area contributed by atoms with Crippen molar-refractivity contribution in [3.8, 4) is 23.0 Å². The lowest BCUT2D eigenvalue weighted by atomic mass is 9.97. The second-order valence-corrected chi connectivity index (χ2v) is 10.9. The minimum absolute atomic E-state index is 0.149. The van der Waals surface area contributed by atoms with Crippen LogP contribution in [-0.2, 0) is 14.8 Å². The van der Waals surface area contributed by atoms with E-state index < -0.39 is 10.0 Å². The molecule has 0 aromatic heterocycles. The second kappa shape index (κ2) is 10.4. The number of rotatable bonds is 6. The summed E-state index contributed by atoms with van der Waals surface area (Å²) < 4.78 is 44.7. The van der Waals surface area contributed by atoms with Gasteiger partial charge in [0.15, 0.2) is 17.2 Å². The summed E-state index contributed by atoms with van der Waals surface area (Å²) in [7, 11) is -3.72. The Balaban J connectivity index is 1.24. The van der Waals surface area contributed by atoms with E-state index in [1.165, 1.54) is 16.4 Å². The predicted octanol–water partition coefficient (Wildman–Crippen LogP) is 4.94. The number of benzene rings is 3. The number of ether oxygens (including phenoxy) is 3. The zero-order valence-corrected chi connectivity index (χ0v) is 20.9. The number of piperidine rings is 1. The van der Waals surface area contributed by atoms with Crippen LogP contribution in [0.4, 0.5) is 5.69 Å². The van der Waals surface area contributed by atoms with Crippen molar-refractivity contribution in [3.63, 3.8) is 0 Å². The molecule has 0 atom stereocenters. The largest absolute Gasteiger partial charge is 0.486 e. The van der Waals surface area contributed by atoms with Crippen LogP contribution >= 0.6 is 11.6 Å². The highest BCUT2D eigenvalue weighted by Crippen LogP contribution is 2.35. The van der Waals surface area contributed by atoms with E-state index in [0.29, 0.717) is 59.8 Å². The van der Waals surface area contributed by atoms with Crippen LogP contribution in [0.2, 0.25) is 5.02 Å². The smallest absolute Gasteiger partial charge is 0.243 e. The van der Waals surface area contributed by atoms with E-state index in [0.717, 1.165) is 0 Å². The Morgan fingerprint density at radius 1 is 0.944 bits per heavy atom. The van der Waals surface area contributed by atoms with Crippen LogP contribution in [0.15, 0.2) is 71.6 Å². The van der Waals surface area contributed by atoms with Gasteiger partial charge in [-0.1, -0.05) is 29.8 Å². The number of carbonyl (C=O) groups is 1. The van der Waals surface area contributed by atoms with E-state index in [-0.39, 0.29) is 29.8 Å². The molecule has 0 spiro atoms.